The summed E-state index contributed by atoms with van der Waals surface area (Å²) in [5.74, 6) is -0.0898. The molecule has 1 fully saturated rings. The first-order valence-electron chi connectivity index (χ1n) is 8.35. The molecule has 26 heavy (non-hydrogen) atoms. The van der Waals surface area contributed by atoms with Crippen LogP contribution in [0.5, 0.6) is 6.01 Å². The Labute approximate surface area is 151 Å². The number of nitrogens with one attached hydrogen (secondary N) is 1. The molecule has 0 saturated carbocycles. The van der Waals surface area contributed by atoms with Gasteiger partial charge in [0.1, 0.15) is 5.69 Å². The predicted octanol–water partition coefficient (Wildman–Crippen LogP) is 1.06. The number of anilines is 1. The Balaban J connectivity index is 1.88. The number of aromatic amines is 1. The molecule has 2 aromatic rings. The van der Waals surface area contributed by atoms with E-state index in [0.717, 1.165) is 5.56 Å². The zero-order chi connectivity index (χ0) is 18.7. The van der Waals surface area contributed by atoms with Gasteiger partial charge in [0.2, 0.25) is 5.91 Å². The summed E-state index contributed by atoms with van der Waals surface area (Å²) >= 11 is 0. The quantitative estimate of drug-likeness (QED) is 0.779. The first-order valence-corrected chi connectivity index (χ1v) is 8.35. The second kappa shape index (κ2) is 7.38. The summed E-state index contributed by atoms with van der Waals surface area (Å²) < 4.78 is 5.06. The number of hydrogen-bond donors (Lipinski definition) is 1. The third kappa shape index (κ3) is 3.30. The van der Waals surface area contributed by atoms with Crippen molar-refractivity contribution in [2.45, 2.75) is 13.0 Å². The molecule has 0 atom stereocenters. The van der Waals surface area contributed by atoms with E-state index in [4.69, 9.17) is 4.74 Å². The number of aromatic nitrogens is 3. The van der Waals surface area contributed by atoms with E-state index in [1.54, 1.807) is 23.4 Å². The number of H-pyrrole nitrogens is 1. The molecule has 0 unspecified atom stereocenters. The smallest absolute Gasteiger partial charge is 0.316 e. The van der Waals surface area contributed by atoms with Crippen molar-refractivity contribution in [3.8, 4) is 17.3 Å². The molecule has 1 saturated heterocycles. The van der Waals surface area contributed by atoms with Gasteiger partial charge in [0, 0.05) is 37.6 Å². The fraction of sp³-hybridized carbons (Fsp3) is 0.333. The third-order valence-corrected chi connectivity index (χ3v) is 4.43. The van der Waals surface area contributed by atoms with Gasteiger partial charge >= 0.3 is 6.01 Å². The molecular formula is C18H21N5O3. The number of likely N-dealkylation sites (tertiary alicyclic amines) is 1. The maximum Gasteiger partial charge on any atom is 0.316 e. The molecule has 0 bridgehead atoms. The van der Waals surface area contributed by atoms with Crippen LogP contribution >= 0.6 is 0 Å². The highest BCUT2D eigenvalue weighted by Gasteiger charge is 2.34. The van der Waals surface area contributed by atoms with Crippen LogP contribution in [-0.4, -0.2) is 58.5 Å². The summed E-state index contributed by atoms with van der Waals surface area (Å²) in [4.78, 5) is 38.8. The number of hydrogen-bond acceptors (Lipinski definition) is 6. The minimum Gasteiger partial charge on any atom is -0.467 e. The topological polar surface area (TPSA) is 91.4 Å². The highest BCUT2D eigenvalue weighted by molar-refractivity contribution is 5.87. The van der Waals surface area contributed by atoms with E-state index < -0.39 is 0 Å². The summed E-state index contributed by atoms with van der Waals surface area (Å²) in [6.45, 7) is 7.29. The van der Waals surface area contributed by atoms with E-state index in [2.05, 4.69) is 21.5 Å². The van der Waals surface area contributed by atoms with Crippen molar-refractivity contribution in [2.24, 2.45) is 0 Å². The van der Waals surface area contributed by atoms with E-state index in [0.29, 0.717) is 31.0 Å². The average Bonchev–Trinajstić information content (AvgIpc) is 2.64. The second-order valence-corrected chi connectivity index (χ2v) is 5.92. The fourth-order valence-electron chi connectivity index (χ4n) is 3.02. The lowest BCUT2D eigenvalue weighted by Crippen LogP contribution is -2.61. The molecule has 0 spiro atoms. The van der Waals surface area contributed by atoms with Gasteiger partial charge in [0.25, 0.3) is 5.56 Å². The minimum absolute atomic E-state index is 0.0898. The Morgan fingerprint density at radius 1 is 1.54 bits per heavy atom. The van der Waals surface area contributed by atoms with E-state index in [1.165, 1.54) is 13.2 Å². The van der Waals surface area contributed by atoms with Gasteiger partial charge in [0.15, 0.2) is 0 Å². The lowest BCUT2D eigenvalue weighted by atomic mass is 10.1. The van der Waals surface area contributed by atoms with Gasteiger partial charge in [-0.1, -0.05) is 6.58 Å². The van der Waals surface area contributed by atoms with Gasteiger partial charge in [-0.2, -0.15) is 4.98 Å². The van der Waals surface area contributed by atoms with Gasteiger partial charge in [-0.15, -0.1) is 0 Å². The van der Waals surface area contributed by atoms with Crippen molar-refractivity contribution in [1.82, 2.24) is 19.9 Å². The van der Waals surface area contributed by atoms with Gasteiger partial charge in [0.05, 0.1) is 18.8 Å². The zero-order valence-corrected chi connectivity index (χ0v) is 14.8. The fourth-order valence-corrected chi connectivity index (χ4v) is 3.02. The molecule has 3 heterocycles. The van der Waals surface area contributed by atoms with Gasteiger partial charge in [-0.3, -0.25) is 9.59 Å². The maximum absolute atomic E-state index is 12.4. The largest absolute Gasteiger partial charge is 0.467 e. The maximum atomic E-state index is 12.4. The molecule has 1 aliphatic rings. The van der Waals surface area contributed by atoms with Crippen LogP contribution in [-0.2, 0) is 4.79 Å². The Morgan fingerprint density at radius 2 is 2.31 bits per heavy atom. The standard InChI is InChI=1S/C18H21N5O3/c1-4-16(24)22-10-13(11-22)23(5-2)15-8-12(9-20-17(15)25)14-6-7-19-18(21-14)26-3/h4,6-9,13H,1,5,10-11H2,2-3H3,(H,20,25). The molecule has 2 aromatic heterocycles. The Morgan fingerprint density at radius 3 is 2.96 bits per heavy atom. The van der Waals surface area contributed by atoms with Crippen molar-refractivity contribution in [2.75, 3.05) is 31.6 Å². The molecular weight excluding hydrogens is 334 g/mol. The van der Waals surface area contributed by atoms with Gasteiger partial charge in [-0.05, 0) is 25.1 Å². The first kappa shape index (κ1) is 17.7. The van der Waals surface area contributed by atoms with Crippen molar-refractivity contribution in [3.63, 3.8) is 0 Å². The summed E-state index contributed by atoms with van der Waals surface area (Å²) in [7, 11) is 1.50. The average molecular weight is 355 g/mol. The number of rotatable bonds is 6. The van der Waals surface area contributed by atoms with Crippen LogP contribution in [0.1, 0.15) is 6.92 Å². The SMILES string of the molecule is C=CC(=O)N1CC(N(CC)c2cc(-c3ccnc(OC)n3)c[nH]c2=O)C1. The van der Waals surface area contributed by atoms with Crippen LogP contribution in [0.3, 0.4) is 0 Å². The Hall–Kier alpha value is -3.16. The third-order valence-electron chi connectivity index (χ3n) is 4.43. The molecule has 136 valence electrons. The molecule has 1 N–H and O–H groups in total. The summed E-state index contributed by atoms with van der Waals surface area (Å²) in [6.07, 6.45) is 4.53. The number of likely N-dealkylation sites (N-methyl/N-ethyl adjacent to an activating group) is 1. The molecule has 8 heteroatoms. The van der Waals surface area contributed by atoms with E-state index in [9.17, 15) is 9.59 Å². The van der Waals surface area contributed by atoms with Crippen molar-refractivity contribution in [3.05, 3.63) is 47.5 Å². The first-order chi connectivity index (χ1) is 12.6. The normalized spacial score (nSPS) is 13.8. The monoisotopic (exact) mass is 355 g/mol. The number of pyridine rings is 1. The molecule has 3 rings (SSSR count). The summed E-state index contributed by atoms with van der Waals surface area (Å²) in [5.41, 5.74) is 1.79. The van der Waals surface area contributed by atoms with Gasteiger partial charge < -0.3 is 19.5 Å². The molecule has 0 radical (unpaired) electrons. The molecule has 8 nitrogen and oxygen atoms in total. The van der Waals surface area contributed by atoms with Crippen LogP contribution in [0, 0.1) is 0 Å². The van der Waals surface area contributed by atoms with Crippen molar-refractivity contribution in [1.29, 1.82) is 0 Å². The van der Waals surface area contributed by atoms with Crippen LogP contribution in [0.4, 0.5) is 5.69 Å². The van der Waals surface area contributed by atoms with E-state index >= 15 is 0 Å². The Kier molecular flexibility index (Phi) is 5.01. The van der Waals surface area contributed by atoms with Crippen LogP contribution in [0.2, 0.25) is 0 Å². The number of carbonyl (C=O) groups is 1. The second-order valence-electron chi connectivity index (χ2n) is 5.92. The van der Waals surface area contributed by atoms with Crippen LogP contribution in [0.25, 0.3) is 11.3 Å². The van der Waals surface area contributed by atoms with E-state index in [-0.39, 0.29) is 23.5 Å². The van der Waals surface area contributed by atoms with Crippen LogP contribution < -0.4 is 15.2 Å². The van der Waals surface area contributed by atoms with Crippen molar-refractivity contribution < 1.29 is 9.53 Å². The van der Waals surface area contributed by atoms with Gasteiger partial charge in [-0.25, -0.2) is 4.98 Å². The van der Waals surface area contributed by atoms with E-state index in [1.807, 2.05) is 17.9 Å². The summed E-state index contributed by atoms with van der Waals surface area (Å²) in [5, 5.41) is 0. The molecule has 0 aliphatic carbocycles. The Bertz CT molecular complexity index is 873. The highest BCUT2D eigenvalue weighted by Crippen LogP contribution is 2.24. The predicted molar refractivity (Wildman–Crippen MR) is 98.2 cm³/mol. The van der Waals surface area contributed by atoms with Crippen molar-refractivity contribution >= 4 is 11.6 Å². The minimum atomic E-state index is -0.176. The summed E-state index contributed by atoms with van der Waals surface area (Å²) in [6, 6.07) is 3.92. The number of ether oxygens (including phenoxy) is 1. The highest BCUT2D eigenvalue weighted by atomic mass is 16.5. The lowest BCUT2D eigenvalue weighted by molar-refractivity contribution is -0.130. The molecule has 0 aromatic carbocycles. The number of nitrogens with zero attached hydrogens (tertiary/aromatic N) is 4. The molecule has 1 amide bonds. The molecule has 1 aliphatic heterocycles. The lowest BCUT2D eigenvalue weighted by Gasteiger charge is -2.45. The number of amides is 1. The van der Waals surface area contributed by atoms with Crippen LogP contribution in [0.15, 0.2) is 42.0 Å². The zero-order valence-electron chi connectivity index (χ0n) is 14.8. The number of methoxy groups -OCH3 is 1. The number of carbonyl (C=O) groups excluding carboxylic acids is 1.